The summed E-state index contributed by atoms with van der Waals surface area (Å²) in [5, 5.41) is 0.764. The molecule has 0 atom stereocenters. The van der Waals surface area contributed by atoms with Crippen molar-refractivity contribution in [1.29, 1.82) is 0 Å². The van der Waals surface area contributed by atoms with Gasteiger partial charge in [0.2, 0.25) is 0 Å². The Morgan fingerprint density at radius 1 is 0.548 bits per heavy atom. The Kier molecular flexibility index (Phi) is 7.27. The van der Waals surface area contributed by atoms with E-state index in [1.165, 1.54) is 0 Å². The summed E-state index contributed by atoms with van der Waals surface area (Å²) in [6, 6.07) is 0. The molecule has 2 nitrogen and oxygen atoms in total. The summed E-state index contributed by atoms with van der Waals surface area (Å²) in [7, 11) is 0. The van der Waals surface area contributed by atoms with Crippen molar-refractivity contribution in [2.45, 2.75) is 61.0 Å². The number of rotatable bonds is 9. The fraction of sp³-hybridized carbons (Fsp3) is 0.917. The van der Waals surface area contributed by atoms with E-state index in [0.29, 0.717) is 0 Å². The van der Waals surface area contributed by atoms with E-state index >= 15 is 0 Å². The molecule has 19 heteroatoms. The topological polar surface area (TPSA) is 29.1 Å². The minimum atomic E-state index is -8.71. The second-order valence-electron chi connectivity index (χ2n) is 5.77. The van der Waals surface area contributed by atoms with Gasteiger partial charge in [-0.05, 0) is 6.42 Å². The molecule has 0 saturated heterocycles. The van der Waals surface area contributed by atoms with Gasteiger partial charge in [-0.15, -0.1) is 0 Å². The Morgan fingerprint density at radius 3 is 1.13 bits per heavy atom. The van der Waals surface area contributed by atoms with Gasteiger partial charge < -0.3 is 5.32 Å². The van der Waals surface area contributed by atoms with E-state index in [-0.39, 0.29) is 6.42 Å². The van der Waals surface area contributed by atoms with E-state index in [9.17, 15) is 79.4 Å². The molecule has 31 heavy (non-hydrogen) atoms. The Bertz CT molecular complexity index is 665. The van der Waals surface area contributed by atoms with Crippen molar-refractivity contribution in [3.05, 3.63) is 0 Å². The van der Waals surface area contributed by atoms with Gasteiger partial charge in [0.25, 0.3) is 5.91 Å². The summed E-state index contributed by atoms with van der Waals surface area (Å²) in [4.78, 5) is 10.9. The molecule has 0 fully saturated rings. The second kappa shape index (κ2) is 7.70. The van der Waals surface area contributed by atoms with Crippen molar-refractivity contribution in [1.82, 2.24) is 5.32 Å². The average molecular weight is 505 g/mol. The van der Waals surface area contributed by atoms with Crippen molar-refractivity contribution in [3.8, 4) is 0 Å². The number of amides is 1. The number of halogens is 17. The molecule has 0 spiro atoms. The number of carbonyl (C=O) groups is 1. The van der Waals surface area contributed by atoms with Crippen molar-refractivity contribution < 1.29 is 79.4 Å². The first-order valence-electron chi connectivity index (χ1n) is 7.23. The van der Waals surface area contributed by atoms with E-state index in [1.54, 1.807) is 0 Å². The summed E-state index contributed by atoms with van der Waals surface area (Å²) < 4.78 is 220. The molecular weight excluding hydrogens is 497 g/mol. The molecule has 1 amide bonds. The smallest absolute Gasteiger partial charge is 0.351 e. The molecule has 0 radical (unpaired) electrons. The van der Waals surface area contributed by atoms with Crippen LogP contribution >= 0.6 is 0 Å². The fourth-order valence-electron chi connectivity index (χ4n) is 1.66. The standard InChI is InChI=1S/C12H8F17NO/c1-2-3-30-4(31)5(13,14)6(15,16)7(17,18)8(19,20)9(21,22)10(23,24)11(25,26)12(27,28)29/h2-3H2,1H3,(H,30,31). The van der Waals surface area contributed by atoms with Crippen LogP contribution in [0.4, 0.5) is 74.6 Å². The van der Waals surface area contributed by atoms with Crippen LogP contribution in [0.25, 0.3) is 0 Å². The van der Waals surface area contributed by atoms with Crippen LogP contribution in [0.1, 0.15) is 13.3 Å². The molecule has 1 N–H and O–H groups in total. The van der Waals surface area contributed by atoms with Crippen LogP contribution in [-0.2, 0) is 4.79 Å². The first-order chi connectivity index (χ1) is 13.2. The number of hydrogen-bond donors (Lipinski definition) is 1. The highest BCUT2D eigenvalue weighted by Crippen LogP contribution is 2.63. The molecule has 0 aromatic heterocycles. The lowest BCUT2D eigenvalue weighted by Crippen LogP contribution is -2.75. The molecule has 0 aliphatic rings. The van der Waals surface area contributed by atoms with Crippen molar-refractivity contribution >= 4 is 5.91 Å². The third kappa shape index (κ3) is 3.84. The van der Waals surface area contributed by atoms with Crippen LogP contribution < -0.4 is 5.32 Å². The van der Waals surface area contributed by atoms with Crippen LogP contribution in [0.5, 0.6) is 0 Å². The van der Waals surface area contributed by atoms with Gasteiger partial charge in [-0.25, -0.2) is 0 Å². The second-order valence-corrected chi connectivity index (χ2v) is 5.77. The Labute approximate surface area is 159 Å². The fourth-order valence-corrected chi connectivity index (χ4v) is 1.66. The number of alkyl halides is 17. The molecule has 0 aromatic carbocycles. The molecule has 0 aliphatic carbocycles. The maximum atomic E-state index is 13.4. The van der Waals surface area contributed by atoms with Crippen molar-refractivity contribution in [2.75, 3.05) is 6.54 Å². The third-order valence-electron chi connectivity index (χ3n) is 3.54. The largest absolute Gasteiger partial charge is 0.460 e. The quantitative estimate of drug-likeness (QED) is 0.411. The zero-order chi connectivity index (χ0) is 25.7. The molecule has 0 bridgehead atoms. The van der Waals surface area contributed by atoms with Gasteiger partial charge in [-0.1, -0.05) is 6.92 Å². The lowest BCUT2D eigenvalue weighted by Gasteiger charge is -2.42. The zero-order valence-electron chi connectivity index (χ0n) is 14.2. The number of carbonyl (C=O) groups excluding carboxylic acids is 1. The van der Waals surface area contributed by atoms with Crippen LogP contribution in [0, 0.1) is 0 Å². The monoisotopic (exact) mass is 505 g/mol. The molecule has 0 aromatic rings. The van der Waals surface area contributed by atoms with Gasteiger partial charge in [0.15, 0.2) is 0 Å². The maximum absolute atomic E-state index is 13.4. The lowest BCUT2D eigenvalue weighted by molar-refractivity contribution is -0.459. The normalized spacial score (nSPS) is 15.8. The van der Waals surface area contributed by atoms with E-state index in [1.807, 2.05) is 0 Å². The lowest BCUT2D eigenvalue weighted by atomic mass is 9.89. The molecule has 0 rings (SSSR count). The van der Waals surface area contributed by atoms with E-state index in [2.05, 4.69) is 0 Å². The van der Waals surface area contributed by atoms with Gasteiger partial charge in [0.05, 0.1) is 0 Å². The predicted octanol–water partition coefficient (Wildman–Crippen LogP) is 5.52. The molecule has 186 valence electrons. The van der Waals surface area contributed by atoms with Crippen LogP contribution in [0.2, 0.25) is 0 Å². The minimum Gasteiger partial charge on any atom is -0.351 e. The summed E-state index contributed by atoms with van der Waals surface area (Å²) in [6.45, 7) is 0.0568. The van der Waals surface area contributed by atoms with Gasteiger partial charge in [-0.2, -0.15) is 74.6 Å². The van der Waals surface area contributed by atoms with Crippen LogP contribution in [-0.4, -0.2) is 60.1 Å². The molecular formula is C12H8F17NO. The average Bonchev–Trinajstić information content (AvgIpc) is 2.57. The molecule has 0 heterocycles. The predicted molar refractivity (Wildman–Crippen MR) is 64.0 cm³/mol. The van der Waals surface area contributed by atoms with Gasteiger partial charge >= 0.3 is 47.6 Å². The highest BCUT2D eigenvalue weighted by atomic mass is 19.4. The highest BCUT2D eigenvalue weighted by Gasteiger charge is 2.95. The first kappa shape index (κ1) is 29.3. The Hall–Kier alpha value is -1.72. The summed E-state index contributed by atoms with van der Waals surface area (Å²) in [6.07, 6.45) is -8.17. The van der Waals surface area contributed by atoms with E-state index in [4.69, 9.17) is 0 Å². The number of hydrogen-bond acceptors (Lipinski definition) is 1. The summed E-state index contributed by atoms with van der Waals surface area (Å²) in [5.41, 5.74) is 0. The van der Waals surface area contributed by atoms with E-state index < -0.39 is 60.1 Å². The number of nitrogens with one attached hydrogen (secondary N) is 1. The first-order valence-corrected chi connectivity index (χ1v) is 7.23. The summed E-state index contributed by atoms with van der Waals surface area (Å²) in [5.74, 6) is -61.2. The van der Waals surface area contributed by atoms with Crippen molar-refractivity contribution in [3.63, 3.8) is 0 Å². The van der Waals surface area contributed by atoms with Gasteiger partial charge in [0.1, 0.15) is 0 Å². The van der Waals surface area contributed by atoms with E-state index in [0.717, 1.165) is 12.2 Å². The minimum absolute atomic E-state index is 0.364. The van der Waals surface area contributed by atoms with Crippen molar-refractivity contribution in [2.24, 2.45) is 0 Å². The molecule has 0 aliphatic heterocycles. The zero-order valence-corrected chi connectivity index (χ0v) is 14.2. The SMILES string of the molecule is CCCNC(=O)C(F)(F)C(F)(F)C(F)(F)C(F)(F)C(F)(F)C(F)(F)C(F)(F)C(F)(F)F. The third-order valence-corrected chi connectivity index (χ3v) is 3.54. The maximum Gasteiger partial charge on any atom is 0.460 e. The molecule has 0 saturated carbocycles. The molecule has 0 unspecified atom stereocenters. The van der Waals surface area contributed by atoms with Crippen LogP contribution in [0.3, 0.4) is 0 Å². The Balaban J connectivity index is 6.66. The summed E-state index contributed by atoms with van der Waals surface area (Å²) >= 11 is 0. The van der Waals surface area contributed by atoms with Gasteiger partial charge in [0, 0.05) is 6.54 Å². The van der Waals surface area contributed by atoms with Gasteiger partial charge in [-0.3, -0.25) is 4.79 Å². The Morgan fingerprint density at radius 2 is 0.839 bits per heavy atom. The highest BCUT2D eigenvalue weighted by molar-refractivity contribution is 5.84. The van der Waals surface area contributed by atoms with Crippen LogP contribution in [0.15, 0.2) is 0 Å².